The summed E-state index contributed by atoms with van der Waals surface area (Å²) >= 11 is 0. The molecule has 2 aliphatic heterocycles. The maximum atomic E-state index is 12.8. The molecule has 1 fully saturated rings. The van der Waals surface area contributed by atoms with Crippen molar-refractivity contribution in [2.45, 2.75) is 25.4 Å². The second kappa shape index (κ2) is 6.58. The number of amides is 1. The average molecular weight is 288 g/mol. The molecule has 114 valence electrons. The number of hydrogen-bond acceptors (Lipinski definition) is 3. The van der Waals surface area contributed by atoms with Gasteiger partial charge in [-0.25, -0.2) is 0 Å². The highest BCUT2D eigenvalue weighted by molar-refractivity contribution is 5.83. The van der Waals surface area contributed by atoms with E-state index >= 15 is 0 Å². The summed E-state index contributed by atoms with van der Waals surface area (Å²) in [4.78, 5) is 14.8. The van der Waals surface area contributed by atoms with Crippen LogP contribution in [0.15, 0.2) is 24.3 Å². The molecular weight excluding hydrogens is 264 g/mol. The minimum atomic E-state index is -0.393. The Labute approximate surface area is 126 Å². The van der Waals surface area contributed by atoms with Gasteiger partial charge < -0.3 is 15.0 Å². The predicted octanol–water partition coefficient (Wildman–Crippen LogP) is 1.76. The molecule has 4 heteroatoms. The van der Waals surface area contributed by atoms with Crippen LogP contribution in [-0.2, 0) is 16.0 Å². The second-order valence-corrected chi connectivity index (χ2v) is 6.03. The van der Waals surface area contributed by atoms with Crippen LogP contribution in [0.5, 0.6) is 0 Å². The lowest BCUT2D eigenvalue weighted by Gasteiger charge is -2.35. The number of nitrogens with zero attached hydrogens (tertiary/aromatic N) is 1. The van der Waals surface area contributed by atoms with Crippen molar-refractivity contribution in [3.63, 3.8) is 0 Å². The Bertz CT molecular complexity index is 495. The molecule has 0 radical (unpaired) electrons. The highest BCUT2D eigenvalue weighted by atomic mass is 16.5. The summed E-state index contributed by atoms with van der Waals surface area (Å²) in [7, 11) is 1.99. The molecule has 1 unspecified atom stereocenters. The van der Waals surface area contributed by atoms with E-state index in [1.807, 2.05) is 30.1 Å². The first-order valence-electron chi connectivity index (χ1n) is 7.92. The van der Waals surface area contributed by atoms with Crippen LogP contribution in [0.3, 0.4) is 0 Å². The fraction of sp³-hybridized carbons (Fsp3) is 0.588. The number of likely N-dealkylation sites (tertiary alicyclic amines) is 1. The largest absolute Gasteiger partial charge is 0.363 e. The van der Waals surface area contributed by atoms with Gasteiger partial charge in [0.25, 0.3) is 5.91 Å². The zero-order chi connectivity index (χ0) is 14.7. The van der Waals surface area contributed by atoms with E-state index in [9.17, 15) is 4.79 Å². The zero-order valence-electron chi connectivity index (χ0n) is 12.7. The third kappa shape index (κ3) is 3.11. The van der Waals surface area contributed by atoms with Gasteiger partial charge in [0.2, 0.25) is 0 Å². The molecule has 4 nitrogen and oxygen atoms in total. The monoisotopic (exact) mass is 288 g/mol. The fourth-order valence-corrected chi connectivity index (χ4v) is 3.41. The van der Waals surface area contributed by atoms with Crippen molar-refractivity contribution in [3.05, 3.63) is 35.4 Å². The number of fused-ring (bicyclic) bond motifs is 1. The smallest absolute Gasteiger partial charge is 0.256 e. The summed E-state index contributed by atoms with van der Waals surface area (Å²) in [6, 6.07) is 8.17. The Morgan fingerprint density at radius 1 is 1.33 bits per heavy atom. The minimum Gasteiger partial charge on any atom is -0.363 e. The van der Waals surface area contributed by atoms with Crippen LogP contribution in [0, 0.1) is 5.92 Å². The van der Waals surface area contributed by atoms with Crippen molar-refractivity contribution in [1.29, 1.82) is 0 Å². The molecule has 2 heterocycles. The first-order valence-corrected chi connectivity index (χ1v) is 7.92. The molecule has 0 spiro atoms. The van der Waals surface area contributed by atoms with Crippen molar-refractivity contribution in [3.8, 4) is 0 Å². The molecule has 0 aromatic heterocycles. The number of piperidine rings is 1. The molecule has 1 aromatic rings. The lowest BCUT2D eigenvalue weighted by Crippen LogP contribution is -2.44. The summed E-state index contributed by atoms with van der Waals surface area (Å²) < 4.78 is 5.79. The summed E-state index contributed by atoms with van der Waals surface area (Å²) in [6.45, 7) is 3.40. The molecule has 2 aliphatic rings. The first-order chi connectivity index (χ1) is 10.3. The molecule has 1 aromatic carbocycles. The van der Waals surface area contributed by atoms with Crippen molar-refractivity contribution in [1.82, 2.24) is 10.2 Å². The first kappa shape index (κ1) is 14.5. The van der Waals surface area contributed by atoms with Gasteiger partial charge in [-0.05, 0) is 49.9 Å². The van der Waals surface area contributed by atoms with Gasteiger partial charge in [-0.15, -0.1) is 0 Å². The third-order valence-corrected chi connectivity index (χ3v) is 4.64. The lowest BCUT2D eigenvalue weighted by molar-refractivity contribution is -0.146. The van der Waals surface area contributed by atoms with E-state index in [1.165, 1.54) is 5.56 Å². The molecule has 3 rings (SSSR count). The van der Waals surface area contributed by atoms with Crippen molar-refractivity contribution in [2.75, 3.05) is 33.3 Å². The Balaban J connectivity index is 1.67. The summed E-state index contributed by atoms with van der Waals surface area (Å²) in [5.74, 6) is 0.837. The molecule has 1 atom stereocenters. The van der Waals surface area contributed by atoms with Gasteiger partial charge in [0.05, 0.1) is 6.61 Å². The Morgan fingerprint density at radius 3 is 2.86 bits per heavy atom. The van der Waals surface area contributed by atoms with Crippen LogP contribution in [0.4, 0.5) is 0 Å². The van der Waals surface area contributed by atoms with E-state index in [4.69, 9.17) is 4.74 Å². The lowest BCUT2D eigenvalue weighted by atomic mass is 9.94. The maximum absolute atomic E-state index is 12.8. The second-order valence-electron chi connectivity index (χ2n) is 6.03. The number of carbonyl (C=O) groups excluding carboxylic acids is 1. The molecule has 0 bridgehead atoms. The van der Waals surface area contributed by atoms with Gasteiger partial charge in [0.15, 0.2) is 6.10 Å². The number of hydrogen-bond donors (Lipinski definition) is 1. The Kier molecular flexibility index (Phi) is 4.56. The molecule has 1 saturated heterocycles. The quantitative estimate of drug-likeness (QED) is 0.921. The SMILES string of the molecule is CNCC1CCN(C(=O)C2OCCc3ccccc32)CC1. The highest BCUT2D eigenvalue weighted by Crippen LogP contribution is 2.30. The number of carbonyl (C=O) groups is 1. The van der Waals surface area contributed by atoms with Crippen LogP contribution in [0.2, 0.25) is 0 Å². The summed E-state index contributed by atoms with van der Waals surface area (Å²) in [5.41, 5.74) is 2.32. The van der Waals surface area contributed by atoms with Gasteiger partial charge in [-0.2, -0.15) is 0 Å². The summed E-state index contributed by atoms with van der Waals surface area (Å²) in [6.07, 6.45) is 2.68. The normalized spacial score (nSPS) is 22.9. The van der Waals surface area contributed by atoms with E-state index < -0.39 is 6.10 Å². The molecule has 21 heavy (non-hydrogen) atoms. The zero-order valence-corrected chi connectivity index (χ0v) is 12.7. The van der Waals surface area contributed by atoms with Crippen LogP contribution < -0.4 is 5.32 Å². The Morgan fingerprint density at radius 2 is 2.10 bits per heavy atom. The highest BCUT2D eigenvalue weighted by Gasteiger charge is 2.32. The Hall–Kier alpha value is -1.39. The van der Waals surface area contributed by atoms with E-state index in [0.717, 1.165) is 44.5 Å². The van der Waals surface area contributed by atoms with Crippen LogP contribution in [0.1, 0.15) is 30.1 Å². The number of ether oxygens (including phenoxy) is 1. The van der Waals surface area contributed by atoms with E-state index in [0.29, 0.717) is 12.5 Å². The molecule has 1 amide bonds. The van der Waals surface area contributed by atoms with E-state index in [1.54, 1.807) is 0 Å². The van der Waals surface area contributed by atoms with E-state index in [-0.39, 0.29) is 5.91 Å². The minimum absolute atomic E-state index is 0.144. The van der Waals surface area contributed by atoms with Gasteiger partial charge in [-0.1, -0.05) is 24.3 Å². The average Bonchev–Trinajstić information content (AvgIpc) is 2.55. The standard InChI is InChI=1S/C17H24N2O2/c1-18-12-13-6-9-19(10-7-13)17(20)16-15-5-3-2-4-14(15)8-11-21-16/h2-5,13,16,18H,6-12H2,1H3. The van der Waals surface area contributed by atoms with Crippen molar-refractivity contribution >= 4 is 5.91 Å². The number of nitrogens with one attached hydrogen (secondary N) is 1. The van der Waals surface area contributed by atoms with Crippen LogP contribution in [-0.4, -0.2) is 44.1 Å². The van der Waals surface area contributed by atoms with Crippen LogP contribution >= 0.6 is 0 Å². The maximum Gasteiger partial charge on any atom is 0.256 e. The van der Waals surface area contributed by atoms with E-state index in [2.05, 4.69) is 11.4 Å². The molecular formula is C17H24N2O2. The number of benzene rings is 1. The summed E-state index contributed by atoms with van der Waals surface area (Å²) in [5, 5.41) is 3.23. The topological polar surface area (TPSA) is 41.6 Å². The molecule has 1 N–H and O–H groups in total. The van der Waals surface area contributed by atoms with Gasteiger partial charge in [-0.3, -0.25) is 4.79 Å². The van der Waals surface area contributed by atoms with Gasteiger partial charge in [0, 0.05) is 13.1 Å². The predicted molar refractivity (Wildman–Crippen MR) is 82.1 cm³/mol. The van der Waals surface area contributed by atoms with Crippen LogP contribution in [0.25, 0.3) is 0 Å². The third-order valence-electron chi connectivity index (χ3n) is 4.64. The molecule has 0 saturated carbocycles. The van der Waals surface area contributed by atoms with Gasteiger partial charge >= 0.3 is 0 Å². The number of rotatable bonds is 3. The fourth-order valence-electron chi connectivity index (χ4n) is 3.41. The van der Waals surface area contributed by atoms with Gasteiger partial charge in [0.1, 0.15) is 0 Å². The van der Waals surface area contributed by atoms with Crippen molar-refractivity contribution in [2.24, 2.45) is 5.92 Å². The molecule has 0 aliphatic carbocycles. The van der Waals surface area contributed by atoms with Crippen molar-refractivity contribution < 1.29 is 9.53 Å².